The van der Waals surface area contributed by atoms with Crippen molar-refractivity contribution in [2.24, 2.45) is 11.7 Å². The van der Waals surface area contributed by atoms with E-state index in [0.29, 0.717) is 12.1 Å². The predicted molar refractivity (Wildman–Crippen MR) is 129 cm³/mol. The van der Waals surface area contributed by atoms with Crippen molar-refractivity contribution in [2.75, 3.05) is 0 Å². The number of nitrogens with two attached hydrogens (primary N) is 1. The van der Waals surface area contributed by atoms with Gasteiger partial charge in [-0.1, -0.05) is 50.6 Å². The Balaban J connectivity index is 2.24. The molecule has 2 rings (SSSR count). The number of hydrogen-bond donors (Lipinski definition) is 6. The van der Waals surface area contributed by atoms with Gasteiger partial charge in [-0.2, -0.15) is 0 Å². The summed E-state index contributed by atoms with van der Waals surface area (Å²) < 4.78 is 0. The first-order chi connectivity index (χ1) is 16.6. The summed E-state index contributed by atoms with van der Waals surface area (Å²) in [6, 6.07) is 5.05. The van der Waals surface area contributed by atoms with Crippen molar-refractivity contribution in [1.29, 1.82) is 0 Å². The fourth-order valence-electron chi connectivity index (χ4n) is 3.31. The average molecular weight is 487 g/mol. The van der Waals surface area contributed by atoms with Gasteiger partial charge in [0.05, 0.1) is 12.4 Å². The summed E-state index contributed by atoms with van der Waals surface area (Å²) in [7, 11) is 0. The van der Waals surface area contributed by atoms with Crippen LogP contribution in [0.1, 0.15) is 38.4 Å². The number of imidazole rings is 1. The summed E-state index contributed by atoms with van der Waals surface area (Å²) in [6.45, 7) is 5.09. The van der Waals surface area contributed by atoms with Gasteiger partial charge in [-0.05, 0) is 18.4 Å². The maximum Gasteiger partial charge on any atom is 0.325 e. The fourth-order valence-corrected chi connectivity index (χ4v) is 3.31. The van der Waals surface area contributed by atoms with Gasteiger partial charge in [-0.3, -0.25) is 19.2 Å². The molecule has 0 saturated carbocycles. The number of nitrogens with zero attached hydrogens (tertiary/aromatic N) is 1. The van der Waals surface area contributed by atoms with Crippen LogP contribution in [0.5, 0.6) is 0 Å². The van der Waals surface area contributed by atoms with Crippen molar-refractivity contribution in [3.8, 4) is 0 Å². The number of rotatable bonds is 13. The standard InChI is InChI=1S/C24H34N6O5/c1-4-14(2)20(25)23(33)30-18(10-16-8-6-5-7-9-16)22(32)29-19(11-17-12-26-13-27-17)21(31)28-15(3)24(34)35/h5-9,12-15,18-20H,4,10-11,25H2,1-3H3,(H,26,27)(H,28,31)(H,29,32)(H,30,33)(H,34,35). The van der Waals surface area contributed by atoms with Crippen LogP contribution in [0.2, 0.25) is 0 Å². The molecule has 2 aromatic rings. The van der Waals surface area contributed by atoms with Gasteiger partial charge in [0, 0.05) is 24.7 Å². The number of nitrogens with one attached hydrogen (secondary N) is 4. The van der Waals surface area contributed by atoms with E-state index in [1.807, 2.05) is 44.2 Å². The zero-order chi connectivity index (χ0) is 26.0. The van der Waals surface area contributed by atoms with Crippen LogP contribution in [0.4, 0.5) is 0 Å². The Morgan fingerprint density at radius 2 is 1.57 bits per heavy atom. The van der Waals surface area contributed by atoms with Crippen LogP contribution in [-0.4, -0.2) is 62.9 Å². The Labute approximate surface area is 204 Å². The van der Waals surface area contributed by atoms with Crippen LogP contribution in [-0.2, 0) is 32.0 Å². The van der Waals surface area contributed by atoms with E-state index in [0.717, 1.165) is 5.56 Å². The molecule has 1 aromatic heterocycles. The van der Waals surface area contributed by atoms with E-state index in [2.05, 4.69) is 25.9 Å². The van der Waals surface area contributed by atoms with E-state index >= 15 is 0 Å². The molecule has 5 atom stereocenters. The first kappa shape index (κ1) is 27.5. The Bertz CT molecular complexity index is 982. The molecule has 0 aliphatic rings. The lowest BCUT2D eigenvalue weighted by Gasteiger charge is -2.26. The normalized spacial score (nSPS) is 15.2. The molecule has 0 spiro atoms. The number of benzene rings is 1. The second-order valence-electron chi connectivity index (χ2n) is 8.57. The highest BCUT2D eigenvalue weighted by atomic mass is 16.4. The third-order valence-electron chi connectivity index (χ3n) is 5.82. The zero-order valence-corrected chi connectivity index (χ0v) is 20.2. The molecule has 1 heterocycles. The molecule has 0 saturated heterocycles. The lowest BCUT2D eigenvalue weighted by molar-refractivity contribution is -0.141. The lowest BCUT2D eigenvalue weighted by atomic mass is 9.98. The molecule has 11 nitrogen and oxygen atoms in total. The summed E-state index contributed by atoms with van der Waals surface area (Å²) in [5.41, 5.74) is 7.43. The van der Waals surface area contributed by atoms with Crippen molar-refractivity contribution in [1.82, 2.24) is 25.9 Å². The smallest absolute Gasteiger partial charge is 0.325 e. The van der Waals surface area contributed by atoms with Crippen LogP contribution in [0.15, 0.2) is 42.9 Å². The predicted octanol–water partition coefficient (Wildman–Crippen LogP) is 0.127. The van der Waals surface area contributed by atoms with E-state index in [-0.39, 0.29) is 18.8 Å². The second-order valence-corrected chi connectivity index (χ2v) is 8.57. The number of carbonyl (C=O) groups is 4. The molecule has 7 N–H and O–H groups in total. The summed E-state index contributed by atoms with van der Waals surface area (Å²) in [5.74, 6) is -3.04. The quantitative estimate of drug-likeness (QED) is 0.233. The average Bonchev–Trinajstić information content (AvgIpc) is 3.35. The SMILES string of the molecule is CCC(C)C(N)C(=O)NC(Cc1ccccc1)C(=O)NC(Cc1cnc[nH]1)C(=O)NC(C)C(=O)O. The Morgan fingerprint density at radius 3 is 2.14 bits per heavy atom. The highest BCUT2D eigenvalue weighted by Crippen LogP contribution is 2.09. The highest BCUT2D eigenvalue weighted by molar-refractivity contribution is 5.94. The third kappa shape index (κ3) is 8.53. The van der Waals surface area contributed by atoms with Gasteiger partial charge in [0.15, 0.2) is 0 Å². The number of hydrogen-bond acceptors (Lipinski definition) is 6. The summed E-state index contributed by atoms with van der Waals surface area (Å²) in [4.78, 5) is 56.9. The van der Waals surface area contributed by atoms with Crippen molar-refractivity contribution in [2.45, 2.75) is 64.2 Å². The molecule has 5 unspecified atom stereocenters. The van der Waals surface area contributed by atoms with E-state index in [1.165, 1.54) is 19.4 Å². The molecule has 1 aromatic carbocycles. The first-order valence-corrected chi connectivity index (χ1v) is 11.5. The van der Waals surface area contributed by atoms with Crippen LogP contribution >= 0.6 is 0 Å². The number of amides is 3. The maximum atomic E-state index is 13.3. The molecule has 0 fully saturated rings. The number of H-pyrrole nitrogens is 1. The minimum atomic E-state index is -1.21. The molecule has 0 aliphatic heterocycles. The zero-order valence-electron chi connectivity index (χ0n) is 20.2. The Kier molecular flexibility index (Phi) is 10.4. The van der Waals surface area contributed by atoms with Crippen LogP contribution in [0.25, 0.3) is 0 Å². The van der Waals surface area contributed by atoms with Crippen molar-refractivity contribution in [3.05, 3.63) is 54.1 Å². The number of aromatic nitrogens is 2. The minimum Gasteiger partial charge on any atom is -0.480 e. The topological polar surface area (TPSA) is 179 Å². The highest BCUT2D eigenvalue weighted by Gasteiger charge is 2.30. The van der Waals surface area contributed by atoms with Gasteiger partial charge in [0.1, 0.15) is 18.1 Å². The Hall–Kier alpha value is -3.73. The van der Waals surface area contributed by atoms with Gasteiger partial charge in [-0.25, -0.2) is 4.98 Å². The van der Waals surface area contributed by atoms with Crippen molar-refractivity contribution >= 4 is 23.7 Å². The number of aliphatic carboxylic acids is 1. The molecule has 190 valence electrons. The molecular weight excluding hydrogens is 452 g/mol. The summed E-state index contributed by atoms with van der Waals surface area (Å²) in [6.07, 6.45) is 3.85. The molecule has 11 heteroatoms. The van der Waals surface area contributed by atoms with Crippen LogP contribution in [0, 0.1) is 5.92 Å². The lowest BCUT2D eigenvalue weighted by Crippen LogP contribution is -2.58. The monoisotopic (exact) mass is 486 g/mol. The Morgan fingerprint density at radius 1 is 0.971 bits per heavy atom. The van der Waals surface area contributed by atoms with Crippen molar-refractivity contribution < 1.29 is 24.3 Å². The van der Waals surface area contributed by atoms with Gasteiger partial charge in [0.2, 0.25) is 17.7 Å². The van der Waals surface area contributed by atoms with Gasteiger partial charge < -0.3 is 31.8 Å². The number of carbonyl (C=O) groups excluding carboxylic acids is 3. The number of aromatic amines is 1. The van der Waals surface area contributed by atoms with E-state index < -0.39 is 47.9 Å². The molecule has 0 aliphatic carbocycles. The molecule has 3 amide bonds. The molecule has 35 heavy (non-hydrogen) atoms. The summed E-state index contributed by atoms with van der Waals surface area (Å²) >= 11 is 0. The van der Waals surface area contributed by atoms with E-state index in [9.17, 15) is 19.2 Å². The minimum absolute atomic E-state index is 0.0439. The second kappa shape index (κ2) is 13.2. The first-order valence-electron chi connectivity index (χ1n) is 11.5. The largest absolute Gasteiger partial charge is 0.480 e. The van der Waals surface area contributed by atoms with E-state index in [4.69, 9.17) is 10.8 Å². The van der Waals surface area contributed by atoms with Crippen molar-refractivity contribution in [3.63, 3.8) is 0 Å². The molecule has 0 bridgehead atoms. The van der Waals surface area contributed by atoms with Gasteiger partial charge >= 0.3 is 5.97 Å². The third-order valence-corrected chi connectivity index (χ3v) is 5.82. The van der Waals surface area contributed by atoms with E-state index in [1.54, 1.807) is 0 Å². The number of carboxylic acid groups (broad SMARTS) is 1. The van der Waals surface area contributed by atoms with Crippen LogP contribution < -0.4 is 21.7 Å². The maximum absolute atomic E-state index is 13.3. The fraction of sp³-hybridized carbons (Fsp3) is 0.458. The summed E-state index contributed by atoms with van der Waals surface area (Å²) in [5, 5.41) is 16.9. The number of carboxylic acids is 1. The van der Waals surface area contributed by atoms with Gasteiger partial charge in [-0.15, -0.1) is 0 Å². The molecular formula is C24H34N6O5. The molecule has 0 radical (unpaired) electrons. The van der Waals surface area contributed by atoms with Crippen LogP contribution in [0.3, 0.4) is 0 Å². The van der Waals surface area contributed by atoms with Gasteiger partial charge in [0.25, 0.3) is 0 Å².